The summed E-state index contributed by atoms with van der Waals surface area (Å²) in [4.78, 5) is 23.0. The highest BCUT2D eigenvalue weighted by Crippen LogP contribution is 2.33. The molecular formula is C31H37ClN4O4S2. The van der Waals surface area contributed by atoms with E-state index in [0.717, 1.165) is 60.6 Å². The van der Waals surface area contributed by atoms with Crippen molar-refractivity contribution in [1.82, 2.24) is 9.88 Å². The van der Waals surface area contributed by atoms with Crippen molar-refractivity contribution in [2.45, 2.75) is 32.1 Å². The van der Waals surface area contributed by atoms with Gasteiger partial charge in [-0.1, -0.05) is 35.6 Å². The lowest BCUT2D eigenvalue weighted by molar-refractivity contribution is 0.0376. The molecule has 0 atom stereocenters. The van der Waals surface area contributed by atoms with E-state index in [1.807, 2.05) is 25.1 Å². The van der Waals surface area contributed by atoms with Crippen LogP contribution in [0.15, 0.2) is 71.6 Å². The highest BCUT2D eigenvalue weighted by molar-refractivity contribution is 7.92. The highest BCUT2D eigenvalue weighted by atomic mass is 35.5. The van der Waals surface area contributed by atoms with Crippen LogP contribution in [0.25, 0.3) is 10.2 Å². The van der Waals surface area contributed by atoms with Crippen molar-refractivity contribution >= 4 is 60.7 Å². The normalized spacial score (nSPS) is 14.0. The van der Waals surface area contributed by atoms with Crippen molar-refractivity contribution in [1.29, 1.82) is 0 Å². The maximum Gasteiger partial charge on any atom is 0.264 e. The number of amides is 1. The van der Waals surface area contributed by atoms with E-state index >= 15 is 0 Å². The molecule has 1 saturated heterocycles. The summed E-state index contributed by atoms with van der Waals surface area (Å²) in [5.41, 5.74) is 4.16. The number of aromatic nitrogens is 1. The largest absolute Gasteiger partial charge is 0.379 e. The predicted octanol–water partition coefficient (Wildman–Crippen LogP) is 5.92. The Hall–Kier alpha value is -3.02. The number of morpholine rings is 1. The number of rotatable bonds is 10. The second-order valence-electron chi connectivity index (χ2n) is 10.2. The lowest BCUT2D eigenvalue weighted by Gasteiger charge is -2.27. The molecule has 1 fully saturated rings. The van der Waals surface area contributed by atoms with E-state index in [0.29, 0.717) is 29.5 Å². The number of sulfonamides is 1. The van der Waals surface area contributed by atoms with Gasteiger partial charge in [-0.15, -0.1) is 12.4 Å². The second kappa shape index (κ2) is 14.0. The molecule has 5 rings (SSSR count). The summed E-state index contributed by atoms with van der Waals surface area (Å²) in [6.07, 6.45) is 0.786. The molecule has 0 aliphatic carbocycles. The van der Waals surface area contributed by atoms with Gasteiger partial charge in [0.1, 0.15) is 0 Å². The number of ether oxygens (including phenoxy) is 1. The Bertz CT molecular complexity index is 1610. The number of benzene rings is 3. The second-order valence-corrected chi connectivity index (χ2v) is 13.1. The molecular weight excluding hydrogens is 592 g/mol. The Balaban J connectivity index is 0.00000405. The summed E-state index contributed by atoms with van der Waals surface area (Å²) < 4.78 is 34.8. The van der Waals surface area contributed by atoms with E-state index in [-0.39, 0.29) is 23.2 Å². The number of para-hydroxylation sites is 1. The zero-order valence-corrected chi connectivity index (χ0v) is 26.6. The Morgan fingerprint density at radius 3 is 2.38 bits per heavy atom. The minimum atomic E-state index is -3.79. The van der Waals surface area contributed by atoms with Crippen molar-refractivity contribution < 1.29 is 17.9 Å². The average Bonchev–Trinajstić information content (AvgIpc) is 3.40. The summed E-state index contributed by atoms with van der Waals surface area (Å²) >= 11 is 1.51. The fourth-order valence-corrected chi connectivity index (χ4v) is 7.81. The molecule has 11 heteroatoms. The number of carbonyl (C=O) groups is 1. The lowest BCUT2D eigenvalue weighted by Crippen LogP contribution is -2.39. The van der Waals surface area contributed by atoms with E-state index in [1.165, 1.54) is 27.8 Å². The maximum atomic E-state index is 13.9. The van der Waals surface area contributed by atoms with E-state index in [4.69, 9.17) is 9.72 Å². The van der Waals surface area contributed by atoms with Gasteiger partial charge in [-0.2, -0.15) is 0 Å². The maximum absolute atomic E-state index is 13.9. The summed E-state index contributed by atoms with van der Waals surface area (Å²) in [5.74, 6) is -0.195. The van der Waals surface area contributed by atoms with E-state index in [1.54, 1.807) is 36.1 Å². The van der Waals surface area contributed by atoms with Gasteiger partial charge in [0, 0.05) is 38.3 Å². The number of halogens is 1. The fourth-order valence-electron chi connectivity index (χ4n) is 5.17. The van der Waals surface area contributed by atoms with Crippen LogP contribution in [0.4, 0.5) is 10.8 Å². The van der Waals surface area contributed by atoms with Gasteiger partial charge in [0.15, 0.2) is 5.13 Å². The van der Waals surface area contributed by atoms with Gasteiger partial charge in [-0.3, -0.25) is 18.9 Å². The van der Waals surface area contributed by atoms with Crippen molar-refractivity contribution in [3.05, 3.63) is 83.4 Å². The number of thiazole rings is 1. The molecule has 1 amide bonds. The first kappa shape index (κ1) is 31.9. The smallest absolute Gasteiger partial charge is 0.264 e. The van der Waals surface area contributed by atoms with Crippen LogP contribution < -0.4 is 9.21 Å². The fraction of sp³-hybridized carbons (Fsp3) is 0.355. The highest BCUT2D eigenvalue weighted by Gasteiger charge is 2.26. The molecule has 4 aromatic rings. The quantitative estimate of drug-likeness (QED) is 0.217. The van der Waals surface area contributed by atoms with Gasteiger partial charge in [-0.25, -0.2) is 13.4 Å². The van der Waals surface area contributed by atoms with E-state index in [9.17, 15) is 13.2 Å². The van der Waals surface area contributed by atoms with Gasteiger partial charge >= 0.3 is 0 Å². The molecule has 3 aromatic carbocycles. The van der Waals surface area contributed by atoms with Gasteiger partial charge < -0.3 is 4.74 Å². The topological polar surface area (TPSA) is 83.1 Å². The zero-order chi connectivity index (χ0) is 29.0. The van der Waals surface area contributed by atoms with Crippen LogP contribution >= 0.6 is 23.7 Å². The number of aryl methyl sites for hydroxylation is 2. The third kappa shape index (κ3) is 6.95. The third-order valence-electron chi connectivity index (χ3n) is 7.28. The zero-order valence-electron chi connectivity index (χ0n) is 24.2. The monoisotopic (exact) mass is 628 g/mol. The molecule has 42 heavy (non-hydrogen) atoms. The van der Waals surface area contributed by atoms with Gasteiger partial charge in [0.05, 0.1) is 34.0 Å². The summed E-state index contributed by atoms with van der Waals surface area (Å²) in [6, 6.07) is 19.5. The first-order valence-electron chi connectivity index (χ1n) is 14.0. The molecule has 0 spiro atoms. The third-order valence-corrected chi connectivity index (χ3v) is 10.2. The first-order chi connectivity index (χ1) is 19.8. The van der Waals surface area contributed by atoms with Crippen LogP contribution in [-0.2, 0) is 14.8 Å². The molecule has 1 aliphatic heterocycles. The molecule has 0 N–H and O–H groups in total. The molecule has 0 radical (unpaired) electrons. The molecule has 1 aromatic heterocycles. The van der Waals surface area contributed by atoms with Crippen molar-refractivity contribution in [2.24, 2.45) is 0 Å². The number of hydrogen-bond acceptors (Lipinski definition) is 7. The van der Waals surface area contributed by atoms with Crippen LogP contribution in [0.1, 0.15) is 34.8 Å². The molecule has 0 saturated carbocycles. The number of hydrogen-bond donors (Lipinski definition) is 0. The molecule has 0 bridgehead atoms. The van der Waals surface area contributed by atoms with Crippen molar-refractivity contribution in [2.75, 3.05) is 55.1 Å². The molecule has 2 heterocycles. The van der Waals surface area contributed by atoms with E-state index < -0.39 is 10.0 Å². The standard InChI is InChI=1S/C31H36N4O4S2.ClH/c1-4-35(26-9-6-5-7-10-26)41(37,38)27-13-11-25(12-14-27)30(36)34(16-8-15-33-17-19-39-20-18-33)31-32-29-24(3)21-23(2)22-28(29)40-31;/h5-7,9-14,21-22H,4,8,15-20H2,1-3H3;1H. The molecule has 0 unspecified atom stereocenters. The summed E-state index contributed by atoms with van der Waals surface area (Å²) in [6.45, 7) is 10.8. The molecule has 224 valence electrons. The predicted molar refractivity (Wildman–Crippen MR) is 173 cm³/mol. The van der Waals surface area contributed by atoms with Crippen LogP contribution in [-0.4, -0.2) is 70.1 Å². The Morgan fingerprint density at radius 1 is 1.02 bits per heavy atom. The van der Waals surface area contributed by atoms with Gasteiger partial charge in [-0.05, 0) is 80.8 Å². The van der Waals surface area contributed by atoms with Crippen LogP contribution in [0.5, 0.6) is 0 Å². The summed E-state index contributed by atoms with van der Waals surface area (Å²) in [7, 11) is -3.79. The summed E-state index contributed by atoms with van der Waals surface area (Å²) in [5, 5.41) is 0.651. The lowest BCUT2D eigenvalue weighted by atomic mass is 10.1. The Kier molecular flexibility index (Phi) is 10.6. The van der Waals surface area contributed by atoms with E-state index in [2.05, 4.69) is 24.0 Å². The Labute approximate surface area is 258 Å². The minimum Gasteiger partial charge on any atom is -0.379 e. The van der Waals surface area contributed by atoms with Gasteiger partial charge in [0.2, 0.25) is 0 Å². The number of nitrogens with zero attached hydrogens (tertiary/aromatic N) is 4. The average molecular weight is 629 g/mol. The van der Waals surface area contributed by atoms with Crippen LogP contribution in [0, 0.1) is 13.8 Å². The first-order valence-corrected chi connectivity index (χ1v) is 16.2. The number of anilines is 2. The minimum absolute atomic E-state index is 0. The van der Waals surface area contributed by atoms with Crippen LogP contribution in [0.3, 0.4) is 0 Å². The number of fused-ring (bicyclic) bond motifs is 1. The van der Waals surface area contributed by atoms with Crippen molar-refractivity contribution in [3.8, 4) is 0 Å². The van der Waals surface area contributed by atoms with Gasteiger partial charge in [0.25, 0.3) is 15.9 Å². The van der Waals surface area contributed by atoms with Crippen molar-refractivity contribution in [3.63, 3.8) is 0 Å². The van der Waals surface area contributed by atoms with Crippen LogP contribution in [0.2, 0.25) is 0 Å². The number of carbonyl (C=O) groups excluding carboxylic acids is 1. The Morgan fingerprint density at radius 2 is 1.71 bits per heavy atom. The molecule has 1 aliphatic rings. The SMILES string of the molecule is CCN(c1ccccc1)S(=O)(=O)c1ccc(C(=O)N(CCCN2CCOCC2)c2nc3c(C)cc(C)cc3s2)cc1.Cl. The molecule has 8 nitrogen and oxygen atoms in total.